The first-order chi connectivity index (χ1) is 5.72. The van der Waals surface area contributed by atoms with Gasteiger partial charge in [-0.1, -0.05) is 38.4 Å². The van der Waals surface area contributed by atoms with Gasteiger partial charge in [0, 0.05) is 4.86 Å². The van der Waals surface area contributed by atoms with Gasteiger partial charge in [0.2, 0.25) is 0 Å². The molecule has 0 aliphatic heterocycles. The van der Waals surface area contributed by atoms with Gasteiger partial charge in [0.1, 0.15) is 0 Å². The Hall–Kier alpha value is -0.440. The molecule has 0 unspecified atom stereocenters. The summed E-state index contributed by atoms with van der Waals surface area (Å²) in [4.78, 5) is 0.828. The van der Waals surface area contributed by atoms with Crippen molar-refractivity contribution in [2.24, 2.45) is 10.9 Å². The summed E-state index contributed by atoms with van der Waals surface area (Å²) in [6, 6.07) is 0. The standard InChI is InChI=1S/C9H18N2S/c1-3-4-5-6-7-9(11-10)8(2)12/h3-7,10H2,1-2H3/b11-9+. The fraction of sp³-hybridized carbons (Fsp3) is 0.778. The van der Waals surface area contributed by atoms with Gasteiger partial charge in [-0.25, -0.2) is 0 Å². The first kappa shape index (κ1) is 11.6. The predicted octanol–water partition coefficient (Wildman–Crippen LogP) is 2.66. The molecule has 0 atom stereocenters. The van der Waals surface area contributed by atoms with Crippen molar-refractivity contribution in [1.82, 2.24) is 0 Å². The molecule has 2 N–H and O–H groups in total. The molecule has 0 heterocycles. The third-order valence-electron chi connectivity index (χ3n) is 1.83. The van der Waals surface area contributed by atoms with Crippen LogP contribution in [0.1, 0.15) is 46.0 Å². The van der Waals surface area contributed by atoms with Crippen LogP contribution in [0.2, 0.25) is 0 Å². The maximum atomic E-state index is 5.19. The molecule has 0 saturated heterocycles. The van der Waals surface area contributed by atoms with E-state index in [0.29, 0.717) is 0 Å². The third kappa shape index (κ3) is 5.24. The van der Waals surface area contributed by atoms with E-state index in [4.69, 9.17) is 18.1 Å². The summed E-state index contributed by atoms with van der Waals surface area (Å²) in [6.45, 7) is 4.07. The topological polar surface area (TPSA) is 38.4 Å². The molecule has 0 bridgehead atoms. The lowest BCUT2D eigenvalue weighted by molar-refractivity contribution is 0.683. The fourth-order valence-electron chi connectivity index (χ4n) is 1.05. The van der Waals surface area contributed by atoms with Crippen molar-refractivity contribution in [3.8, 4) is 0 Å². The molecule has 0 aliphatic carbocycles. The highest BCUT2D eigenvalue weighted by molar-refractivity contribution is 7.82. The third-order valence-corrected chi connectivity index (χ3v) is 2.06. The quantitative estimate of drug-likeness (QED) is 0.228. The van der Waals surface area contributed by atoms with Crippen LogP contribution in [0, 0.1) is 0 Å². The van der Waals surface area contributed by atoms with Crippen LogP contribution >= 0.6 is 12.2 Å². The molecule has 0 rings (SSSR count). The van der Waals surface area contributed by atoms with Gasteiger partial charge in [0.05, 0.1) is 5.71 Å². The zero-order chi connectivity index (χ0) is 9.40. The second kappa shape index (κ2) is 7.22. The smallest absolute Gasteiger partial charge is 0.0736 e. The van der Waals surface area contributed by atoms with E-state index in [9.17, 15) is 0 Å². The van der Waals surface area contributed by atoms with E-state index in [0.717, 1.165) is 23.4 Å². The van der Waals surface area contributed by atoms with E-state index in [1.54, 1.807) is 0 Å². The molecule has 0 aromatic heterocycles. The molecule has 0 spiro atoms. The normalized spacial score (nSPS) is 11.7. The van der Waals surface area contributed by atoms with Crippen molar-refractivity contribution in [3.05, 3.63) is 0 Å². The van der Waals surface area contributed by atoms with Crippen molar-refractivity contribution in [1.29, 1.82) is 0 Å². The van der Waals surface area contributed by atoms with E-state index < -0.39 is 0 Å². The molecule has 0 amide bonds. The molecule has 0 aromatic carbocycles. The van der Waals surface area contributed by atoms with Gasteiger partial charge in [0.25, 0.3) is 0 Å². The van der Waals surface area contributed by atoms with Gasteiger partial charge in [-0.2, -0.15) is 5.10 Å². The van der Waals surface area contributed by atoms with Crippen LogP contribution in [-0.2, 0) is 0 Å². The lowest BCUT2D eigenvalue weighted by Gasteiger charge is -2.01. The Balaban J connectivity index is 3.54. The second-order valence-electron chi connectivity index (χ2n) is 2.94. The summed E-state index contributed by atoms with van der Waals surface area (Å²) in [5.41, 5.74) is 0.890. The van der Waals surface area contributed by atoms with Crippen LogP contribution in [0.25, 0.3) is 0 Å². The molecule has 0 aliphatic rings. The summed E-state index contributed by atoms with van der Waals surface area (Å²) < 4.78 is 0. The van der Waals surface area contributed by atoms with Crippen LogP contribution < -0.4 is 5.84 Å². The number of hydrogen-bond acceptors (Lipinski definition) is 3. The lowest BCUT2D eigenvalue weighted by Crippen LogP contribution is -2.10. The molecule has 70 valence electrons. The van der Waals surface area contributed by atoms with Crippen LogP contribution in [0.4, 0.5) is 0 Å². The molecular weight excluding hydrogens is 168 g/mol. The lowest BCUT2D eigenvalue weighted by atomic mass is 10.1. The number of thiocarbonyl (C=S) groups is 1. The van der Waals surface area contributed by atoms with Crippen molar-refractivity contribution >= 4 is 22.8 Å². The molecule has 0 fully saturated rings. The van der Waals surface area contributed by atoms with Crippen LogP contribution in [-0.4, -0.2) is 10.6 Å². The zero-order valence-electron chi connectivity index (χ0n) is 7.97. The molecular formula is C9H18N2S. The summed E-state index contributed by atoms with van der Waals surface area (Å²) in [5.74, 6) is 5.19. The highest BCUT2D eigenvalue weighted by Crippen LogP contribution is 2.04. The molecule has 0 aromatic rings. The maximum absolute atomic E-state index is 5.19. The van der Waals surface area contributed by atoms with Gasteiger partial charge in [0.15, 0.2) is 0 Å². The number of hydrazone groups is 1. The average molecular weight is 186 g/mol. The molecule has 3 heteroatoms. The minimum Gasteiger partial charge on any atom is -0.323 e. The highest BCUT2D eigenvalue weighted by atomic mass is 32.1. The fourth-order valence-corrected chi connectivity index (χ4v) is 1.21. The van der Waals surface area contributed by atoms with Crippen molar-refractivity contribution in [3.63, 3.8) is 0 Å². The van der Waals surface area contributed by atoms with Crippen molar-refractivity contribution in [2.75, 3.05) is 0 Å². The molecule has 2 nitrogen and oxygen atoms in total. The predicted molar refractivity (Wildman–Crippen MR) is 58.7 cm³/mol. The van der Waals surface area contributed by atoms with Gasteiger partial charge >= 0.3 is 0 Å². The number of nitrogens with two attached hydrogens (primary N) is 1. The number of rotatable bonds is 6. The Bertz CT molecular complexity index is 164. The maximum Gasteiger partial charge on any atom is 0.0736 e. The summed E-state index contributed by atoms with van der Waals surface area (Å²) >= 11 is 4.98. The highest BCUT2D eigenvalue weighted by Gasteiger charge is 2.00. The van der Waals surface area contributed by atoms with E-state index >= 15 is 0 Å². The Labute approximate surface area is 80.2 Å². The number of unbranched alkanes of at least 4 members (excludes halogenated alkanes) is 3. The van der Waals surface area contributed by atoms with Gasteiger partial charge < -0.3 is 5.84 Å². The first-order valence-electron chi connectivity index (χ1n) is 4.50. The summed E-state index contributed by atoms with van der Waals surface area (Å²) in [6.07, 6.45) is 5.88. The van der Waals surface area contributed by atoms with Gasteiger partial charge in [-0.05, 0) is 19.8 Å². The van der Waals surface area contributed by atoms with Crippen LogP contribution in [0.5, 0.6) is 0 Å². The Kier molecular flexibility index (Phi) is 6.96. The Morgan fingerprint density at radius 3 is 2.42 bits per heavy atom. The summed E-state index contributed by atoms with van der Waals surface area (Å²) in [5, 5.41) is 3.66. The van der Waals surface area contributed by atoms with Crippen molar-refractivity contribution in [2.45, 2.75) is 46.0 Å². The van der Waals surface area contributed by atoms with E-state index in [-0.39, 0.29) is 0 Å². The van der Waals surface area contributed by atoms with Gasteiger partial charge in [-0.3, -0.25) is 0 Å². The number of nitrogens with zero attached hydrogens (tertiary/aromatic N) is 1. The number of hydrogen-bond donors (Lipinski definition) is 1. The molecule has 12 heavy (non-hydrogen) atoms. The zero-order valence-corrected chi connectivity index (χ0v) is 8.78. The van der Waals surface area contributed by atoms with E-state index in [1.807, 2.05) is 6.92 Å². The Morgan fingerprint density at radius 1 is 1.33 bits per heavy atom. The second-order valence-corrected chi connectivity index (χ2v) is 3.56. The van der Waals surface area contributed by atoms with Crippen LogP contribution in [0.3, 0.4) is 0 Å². The SMILES string of the molecule is CCCCCC/C(=N\N)C(C)=S. The van der Waals surface area contributed by atoms with E-state index in [1.165, 1.54) is 19.3 Å². The summed E-state index contributed by atoms with van der Waals surface area (Å²) in [7, 11) is 0. The monoisotopic (exact) mass is 186 g/mol. The van der Waals surface area contributed by atoms with E-state index in [2.05, 4.69) is 12.0 Å². The molecule has 0 saturated carbocycles. The minimum atomic E-state index is 0.828. The Morgan fingerprint density at radius 2 is 2.00 bits per heavy atom. The average Bonchev–Trinajstić information content (AvgIpc) is 2.04. The molecule has 0 radical (unpaired) electrons. The van der Waals surface area contributed by atoms with Crippen molar-refractivity contribution < 1.29 is 0 Å². The largest absolute Gasteiger partial charge is 0.323 e. The first-order valence-corrected chi connectivity index (χ1v) is 4.90. The van der Waals surface area contributed by atoms with Crippen LogP contribution in [0.15, 0.2) is 5.10 Å². The van der Waals surface area contributed by atoms with Gasteiger partial charge in [-0.15, -0.1) is 0 Å². The minimum absolute atomic E-state index is 0.828.